The number of amides is 1. The van der Waals surface area contributed by atoms with Crippen LogP contribution in [0.4, 0.5) is 19.0 Å². The molecule has 210 valence electrons. The Morgan fingerprint density at radius 2 is 1.85 bits per heavy atom. The van der Waals surface area contributed by atoms with Crippen LogP contribution in [0.25, 0.3) is 22.3 Å². The maximum atomic E-state index is 15.0. The Morgan fingerprint density at radius 1 is 1.10 bits per heavy atom. The van der Waals surface area contributed by atoms with Crippen molar-refractivity contribution >= 4 is 22.8 Å². The summed E-state index contributed by atoms with van der Waals surface area (Å²) >= 11 is 0. The molecule has 2 aromatic carbocycles. The summed E-state index contributed by atoms with van der Waals surface area (Å²) in [6, 6.07) is 9.05. The molecule has 1 saturated heterocycles. The summed E-state index contributed by atoms with van der Waals surface area (Å²) in [7, 11) is 1.53. The summed E-state index contributed by atoms with van der Waals surface area (Å²) in [5, 5.41) is 6.10. The Balaban J connectivity index is 1.29. The number of nitrogens with one attached hydrogen (secondary N) is 1. The van der Waals surface area contributed by atoms with Crippen LogP contribution in [0.2, 0.25) is 0 Å². The molecule has 0 atom stereocenters. The van der Waals surface area contributed by atoms with Crippen LogP contribution in [-0.2, 0) is 21.4 Å². The summed E-state index contributed by atoms with van der Waals surface area (Å²) in [6.07, 6.45) is 1.17. The predicted molar refractivity (Wildman–Crippen MR) is 139 cm³/mol. The van der Waals surface area contributed by atoms with Crippen LogP contribution in [-0.4, -0.2) is 53.4 Å². The normalized spacial score (nSPS) is 14.2. The highest BCUT2D eigenvalue weighted by Gasteiger charge is 2.46. The number of fused-ring (bicyclic) bond motifs is 1. The van der Waals surface area contributed by atoms with Crippen molar-refractivity contribution in [3.8, 4) is 22.8 Å². The van der Waals surface area contributed by atoms with Gasteiger partial charge in [0.1, 0.15) is 11.9 Å². The second-order valence-corrected chi connectivity index (χ2v) is 10.1. The first-order valence-corrected chi connectivity index (χ1v) is 12.5. The minimum Gasteiger partial charge on any atom is -0.493 e. The molecule has 9 nitrogen and oxygen atoms in total. The number of alkyl halides is 2. The van der Waals surface area contributed by atoms with Gasteiger partial charge in [0, 0.05) is 30.7 Å². The van der Waals surface area contributed by atoms with E-state index in [1.807, 2.05) is 0 Å². The summed E-state index contributed by atoms with van der Waals surface area (Å²) in [6.45, 7) is 4.41. The SMILES string of the molecule is COc1cc2nc(-c3ccc(CC(=O)Nc4cc(C(C)(C)C(C)(F)F)on4)c(F)c3)cnc2cc1OC1COC1. The Bertz CT molecular complexity index is 1560. The third-order valence-electron chi connectivity index (χ3n) is 6.92. The molecule has 0 unspecified atom stereocenters. The van der Waals surface area contributed by atoms with E-state index in [2.05, 4.69) is 20.4 Å². The minimum atomic E-state index is -3.08. The summed E-state index contributed by atoms with van der Waals surface area (Å²) in [5.74, 6) is -3.38. The summed E-state index contributed by atoms with van der Waals surface area (Å²) in [5.41, 5.74) is 0.495. The lowest BCUT2D eigenvalue weighted by Gasteiger charge is -2.28. The predicted octanol–water partition coefficient (Wildman–Crippen LogP) is 5.32. The number of hydrogen-bond donors (Lipinski definition) is 1. The Kier molecular flexibility index (Phi) is 7.13. The summed E-state index contributed by atoms with van der Waals surface area (Å²) in [4.78, 5) is 21.6. The van der Waals surface area contributed by atoms with Gasteiger partial charge in [0.05, 0.1) is 55.1 Å². The molecule has 12 heteroatoms. The van der Waals surface area contributed by atoms with Crippen LogP contribution in [0.3, 0.4) is 0 Å². The third-order valence-corrected chi connectivity index (χ3v) is 6.92. The number of methoxy groups -OCH3 is 1. The minimum absolute atomic E-state index is 0.0363. The topological polar surface area (TPSA) is 109 Å². The average Bonchev–Trinajstić information content (AvgIpc) is 3.35. The molecule has 1 amide bonds. The second-order valence-electron chi connectivity index (χ2n) is 10.1. The van der Waals surface area contributed by atoms with E-state index in [0.717, 1.165) is 6.92 Å². The molecular formula is C28H27F3N4O5. The zero-order valence-corrected chi connectivity index (χ0v) is 22.3. The van der Waals surface area contributed by atoms with E-state index < -0.39 is 23.1 Å². The fraction of sp³-hybridized carbons (Fsp3) is 0.357. The molecule has 0 bridgehead atoms. The van der Waals surface area contributed by atoms with Gasteiger partial charge >= 0.3 is 0 Å². The number of rotatable bonds is 9. The van der Waals surface area contributed by atoms with Gasteiger partial charge in [-0.1, -0.05) is 17.3 Å². The molecule has 0 radical (unpaired) electrons. The Morgan fingerprint density at radius 3 is 2.50 bits per heavy atom. The number of anilines is 1. The molecule has 0 aliphatic carbocycles. The summed E-state index contributed by atoms with van der Waals surface area (Å²) < 4.78 is 64.2. The molecule has 5 rings (SSSR count). The number of carbonyl (C=O) groups excluding carboxylic acids is 1. The highest BCUT2D eigenvalue weighted by Crippen LogP contribution is 2.39. The van der Waals surface area contributed by atoms with Crippen LogP contribution in [0.1, 0.15) is 32.1 Å². The van der Waals surface area contributed by atoms with E-state index in [-0.39, 0.29) is 29.7 Å². The van der Waals surface area contributed by atoms with Gasteiger partial charge in [0.25, 0.3) is 5.92 Å². The van der Waals surface area contributed by atoms with Crippen molar-refractivity contribution in [2.24, 2.45) is 0 Å². The maximum Gasteiger partial charge on any atom is 0.257 e. The molecule has 40 heavy (non-hydrogen) atoms. The van der Waals surface area contributed by atoms with Crippen molar-refractivity contribution in [2.45, 2.75) is 44.6 Å². The van der Waals surface area contributed by atoms with Crippen molar-refractivity contribution < 1.29 is 36.7 Å². The zero-order chi connectivity index (χ0) is 28.7. The first kappa shape index (κ1) is 27.4. The lowest BCUT2D eigenvalue weighted by Crippen LogP contribution is -2.38. The highest BCUT2D eigenvalue weighted by molar-refractivity contribution is 5.91. The lowest BCUT2D eigenvalue weighted by atomic mass is 9.84. The van der Waals surface area contributed by atoms with Gasteiger partial charge in [-0.2, -0.15) is 0 Å². The standard InChI is InChI=1S/C28H27F3N4O5/c1-27(2,28(3,30)31)24-11-25(35-40-24)34-26(36)8-15-5-6-16(7-18(15)29)21-12-32-19-9-23(39-17-13-38-14-17)22(37-4)10-20(19)33-21/h5-7,9-12,17H,8,13-14H2,1-4H3,(H,34,35,36). The smallest absolute Gasteiger partial charge is 0.257 e. The van der Waals surface area contributed by atoms with Crippen molar-refractivity contribution in [3.63, 3.8) is 0 Å². The number of benzene rings is 2. The van der Waals surface area contributed by atoms with Crippen molar-refractivity contribution in [1.82, 2.24) is 15.1 Å². The lowest BCUT2D eigenvalue weighted by molar-refractivity contribution is -0.115. The van der Waals surface area contributed by atoms with E-state index in [4.69, 9.17) is 18.7 Å². The van der Waals surface area contributed by atoms with Crippen LogP contribution in [0, 0.1) is 5.82 Å². The molecule has 1 aliphatic heterocycles. The number of nitrogens with zero attached hydrogens (tertiary/aromatic N) is 3. The van der Waals surface area contributed by atoms with Crippen LogP contribution in [0.5, 0.6) is 11.5 Å². The molecule has 1 aliphatic rings. The molecule has 1 fully saturated rings. The molecule has 0 spiro atoms. The molecule has 3 heterocycles. The molecular weight excluding hydrogens is 529 g/mol. The van der Waals surface area contributed by atoms with E-state index in [0.29, 0.717) is 47.0 Å². The third kappa shape index (κ3) is 5.44. The molecule has 4 aromatic rings. The van der Waals surface area contributed by atoms with Gasteiger partial charge < -0.3 is 24.1 Å². The van der Waals surface area contributed by atoms with Gasteiger partial charge in [0.15, 0.2) is 23.1 Å². The van der Waals surface area contributed by atoms with Gasteiger partial charge in [-0.25, -0.2) is 18.2 Å². The molecule has 0 saturated carbocycles. The molecule has 1 N–H and O–H groups in total. The van der Waals surface area contributed by atoms with Gasteiger partial charge in [-0.05, 0) is 25.5 Å². The Hall–Kier alpha value is -4.19. The van der Waals surface area contributed by atoms with E-state index in [1.165, 1.54) is 45.4 Å². The van der Waals surface area contributed by atoms with E-state index in [9.17, 15) is 18.0 Å². The van der Waals surface area contributed by atoms with Crippen molar-refractivity contribution in [2.75, 3.05) is 25.6 Å². The van der Waals surface area contributed by atoms with Gasteiger partial charge in [-0.15, -0.1) is 0 Å². The number of aromatic nitrogens is 3. The number of hydrogen-bond acceptors (Lipinski definition) is 8. The first-order chi connectivity index (χ1) is 18.9. The van der Waals surface area contributed by atoms with Gasteiger partial charge in [-0.3, -0.25) is 9.78 Å². The second kappa shape index (κ2) is 10.4. The fourth-order valence-electron chi connectivity index (χ4n) is 3.93. The number of carbonyl (C=O) groups is 1. The van der Waals surface area contributed by atoms with Gasteiger partial charge in [0.2, 0.25) is 5.91 Å². The Labute approximate surface area is 227 Å². The zero-order valence-electron chi connectivity index (χ0n) is 22.3. The van der Waals surface area contributed by atoms with Crippen LogP contribution >= 0.6 is 0 Å². The van der Waals surface area contributed by atoms with Crippen molar-refractivity contribution in [3.05, 3.63) is 59.7 Å². The maximum absolute atomic E-state index is 15.0. The quantitative estimate of drug-likeness (QED) is 0.295. The van der Waals surface area contributed by atoms with E-state index >= 15 is 0 Å². The fourth-order valence-corrected chi connectivity index (χ4v) is 3.93. The van der Waals surface area contributed by atoms with E-state index in [1.54, 1.807) is 18.2 Å². The highest BCUT2D eigenvalue weighted by atomic mass is 19.3. The monoisotopic (exact) mass is 556 g/mol. The molecule has 2 aromatic heterocycles. The van der Waals surface area contributed by atoms with Crippen LogP contribution < -0.4 is 14.8 Å². The average molecular weight is 557 g/mol. The first-order valence-electron chi connectivity index (χ1n) is 12.5. The number of ether oxygens (including phenoxy) is 3. The van der Waals surface area contributed by atoms with Crippen molar-refractivity contribution in [1.29, 1.82) is 0 Å². The van der Waals surface area contributed by atoms with Crippen LogP contribution in [0.15, 0.2) is 47.1 Å². The number of halogens is 3. The largest absolute Gasteiger partial charge is 0.493 e.